The number of ether oxygens (including phenoxy) is 1. The Bertz CT molecular complexity index is 763. The molecule has 0 aliphatic carbocycles. The summed E-state index contributed by atoms with van der Waals surface area (Å²) in [5, 5.41) is 6.05. The molecular formula is C22H29N3O2. The molecule has 5 nitrogen and oxygen atoms in total. The fraction of sp³-hybridized carbons (Fsp3) is 0.409. The third kappa shape index (κ3) is 4.94. The number of urea groups is 1. The van der Waals surface area contributed by atoms with Gasteiger partial charge in [0.25, 0.3) is 0 Å². The van der Waals surface area contributed by atoms with Crippen LogP contribution in [-0.2, 0) is 0 Å². The van der Waals surface area contributed by atoms with E-state index in [1.165, 1.54) is 5.69 Å². The van der Waals surface area contributed by atoms with Crippen molar-refractivity contribution in [3.8, 4) is 5.75 Å². The van der Waals surface area contributed by atoms with Crippen molar-refractivity contribution in [2.75, 3.05) is 31.6 Å². The molecule has 0 spiro atoms. The molecule has 144 valence electrons. The van der Waals surface area contributed by atoms with Crippen molar-refractivity contribution < 1.29 is 9.53 Å². The first-order valence-electron chi connectivity index (χ1n) is 9.55. The summed E-state index contributed by atoms with van der Waals surface area (Å²) in [5.74, 6) is 1.27. The highest BCUT2D eigenvalue weighted by molar-refractivity contribution is 5.74. The van der Waals surface area contributed by atoms with Gasteiger partial charge in [-0.25, -0.2) is 4.79 Å². The first-order valence-corrected chi connectivity index (χ1v) is 9.55. The van der Waals surface area contributed by atoms with Crippen LogP contribution in [0.2, 0.25) is 0 Å². The number of para-hydroxylation sites is 1. The minimum atomic E-state index is -0.135. The van der Waals surface area contributed by atoms with Gasteiger partial charge in [0.15, 0.2) is 0 Å². The summed E-state index contributed by atoms with van der Waals surface area (Å²) in [6.07, 6.45) is 1.09. The molecule has 3 rings (SSSR count). The minimum Gasteiger partial charge on any atom is -0.496 e. The molecule has 2 aromatic carbocycles. The molecule has 1 aliphatic rings. The van der Waals surface area contributed by atoms with Crippen LogP contribution in [0.25, 0.3) is 0 Å². The average Bonchev–Trinajstić information content (AvgIpc) is 3.16. The van der Waals surface area contributed by atoms with Crippen molar-refractivity contribution in [2.24, 2.45) is 5.92 Å². The highest BCUT2D eigenvalue weighted by atomic mass is 16.5. The van der Waals surface area contributed by atoms with Crippen LogP contribution in [0, 0.1) is 12.8 Å². The number of hydrogen-bond acceptors (Lipinski definition) is 3. The number of amides is 2. The second kappa shape index (κ2) is 8.80. The summed E-state index contributed by atoms with van der Waals surface area (Å²) >= 11 is 0. The fourth-order valence-electron chi connectivity index (χ4n) is 3.63. The molecule has 2 unspecified atom stereocenters. The Labute approximate surface area is 161 Å². The molecule has 0 bridgehead atoms. The van der Waals surface area contributed by atoms with Crippen molar-refractivity contribution in [3.63, 3.8) is 0 Å². The predicted octanol–water partition coefficient (Wildman–Crippen LogP) is 3.89. The molecule has 2 atom stereocenters. The highest BCUT2D eigenvalue weighted by Crippen LogP contribution is 2.26. The molecule has 2 amide bonds. The number of carbonyl (C=O) groups is 1. The molecule has 0 radical (unpaired) electrons. The number of rotatable bonds is 6. The van der Waals surface area contributed by atoms with Crippen LogP contribution < -0.4 is 20.3 Å². The first kappa shape index (κ1) is 19.1. The quantitative estimate of drug-likeness (QED) is 0.814. The SMILES string of the molecule is COc1ccc(C)cc1C(C)NC(=O)NCC1CCN(c2ccccc2)C1. The van der Waals surface area contributed by atoms with Gasteiger partial charge in [-0.1, -0.05) is 35.9 Å². The van der Waals surface area contributed by atoms with Crippen molar-refractivity contribution in [1.29, 1.82) is 0 Å². The van der Waals surface area contributed by atoms with Gasteiger partial charge >= 0.3 is 6.03 Å². The normalized spacial score (nSPS) is 17.4. The smallest absolute Gasteiger partial charge is 0.315 e. The molecule has 2 N–H and O–H groups in total. The zero-order valence-electron chi connectivity index (χ0n) is 16.4. The largest absolute Gasteiger partial charge is 0.496 e. The van der Waals surface area contributed by atoms with Crippen molar-refractivity contribution in [2.45, 2.75) is 26.3 Å². The zero-order valence-corrected chi connectivity index (χ0v) is 16.4. The molecule has 0 saturated carbocycles. The topological polar surface area (TPSA) is 53.6 Å². The van der Waals surface area contributed by atoms with Crippen LogP contribution in [0.1, 0.15) is 30.5 Å². The Morgan fingerprint density at radius 1 is 1.26 bits per heavy atom. The Balaban J connectivity index is 1.48. The van der Waals surface area contributed by atoms with E-state index in [0.717, 1.165) is 36.4 Å². The number of carbonyl (C=O) groups excluding carboxylic acids is 1. The first-order chi connectivity index (χ1) is 13.1. The number of aryl methyl sites for hydroxylation is 1. The Morgan fingerprint density at radius 3 is 2.78 bits per heavy atom. The standard InChI is InChI=1S/C22H29N3O2/c1-16-9-10-21(27-3)20(13-16)17(2)24-22(26)23-14-18-11-12-25(15-18)19-7-5-4-6-8-19/h4-10,13,17-18H,11-12,14-15H2,1-3H3,(H2,23,24,26). The van der Waals surface area contributed by atoms with E-state index in [0.29, 0.717) is 12.5 Å². The third-order valence-corrected chi connectivity index (χ3v) is 5.16. The van der Waals surface area contributed by atoms with Gasteiger partial charge in [-0.3, -0.25) is 0 Å². The summed E-state index contributed by atoms with van der Waals surface area (Å²) < 4.78 is 5.42. The molecule has 1 aliphatic heterocycles. The molecule has 5 heteroatoms. The maximum absolute atomic E-state index is 12.3. The van der Waals surface area contributed by atoms with Gasteiger partial charge in [-0.2, -0.15) is 0 Å². The van der Waals surface area contributed by atoms with Crippen LogP contribution in [0.15, 0.2) is 48.5 Å². The summed E-state index contributed by atoms with van der Waals surface area (Å²) in [4.78, 5) is 14.7. The lowest BCUT2D eigenvalue weighted by Gasteiger charge is -2.20. The van der Waals surface area contributed by atoms with Gasteiger partial charge in [-0.15, -0.1) is 0 Å². The fourth-order valence-corrected chi connectivity index (χ4v) is 3.63. The lowest BCUT2D eigenvalue weighted by Crippen LogP contribution is -2.40. The number of methoxy groups -OCH3 is 1. The number of anilines is 1. The lowest BCUT2D eigenvalue weighted by molar-refractivity contribution is 0.236. The minimum absolute atomic E-state index is 0.121. The Morgan fingerprint density at radius 2 is 2.04 bits per heavy atom. The molecule has 0 aromatic heterocycles. The summed E-state index contributed by atoms with van der Waals surface area (Å²) in [5.41, 5.74) is 3.39. The number of nitrogens with one attached hydrogen (secondary N) is 2. The van der Waals surface area contributed by atoms with Crippen LogP contribution in [0.4, 0.5) is 10.5 Å². The van der Waals surface area contributed by atoms with E-state index >= 15 is 0 Å². The maximum atomic E-state index is 12.3. The van der Waals surface area contributed by atoms with E-state index < -0.39 is 0 Å². The van der Waals surface area contributed by atoms with E-state index in [2.05, 4.69) is 45.9 Å². The van der Waals surface area contributed by atoms with E-state index in [1.54, 1.807) is 7.11 Å². The van der Waals surface area contributed by atoms with Gasteiger partial charge in [0, 0.05) is 30.9 Å². The van der Waals surface area contributed by atoms with Crippen molar-refractivity contribution in [3.05, 3.63) is 59.7 Å². The van der Waals surface area contributed by atoms with Crippen LogP contribution >= 0.6 is 0 Å². The molecule has 1 saturated heterocycles. The summed E-state index contributed by atoms with van der Waals surface area (Å²) in [7, 11) is 1.65. The predicted molar refractivity (Wildman–Crippen MR) is 109 cm³/mol. The average molecular weight is 367 g/mol. The van der Waals surface area contributed by atoms with Crippen LogP contribution in [0.5, 0.6) is 5.75 Å². The number of hydrogen-bond donors (Lipinski definition) is 2. The summed E-state index contributed by atoms with van der Waals surface area (Å²) in [6, 6.07) is 16.2. The second-order valence-electron chi connectivity index (χ2n) is 7.26. The van der Waals surface area contributed by atoms with Gasteiger partial charge in [0.2, 0.25) is 0 Å². The number of nitrogens with zero attached hydrogens (tertiary/aromatic N) is 1. The van der Waals surface area contributed by atoms with Crippen LogP contribution in [0.3, 0.4) is 0 Å². The van der Waals surface area contributed by atoms with E-state index in [4.69, 9.17) is 4.74 Å². The molecular weight excluding hydrogens is 338 g/mol. The monoisotopic (exact) mass is 367 g/mol. The molecule has 1 fully saturated rings. The Hall–Kier alpha value is -2.69. The lowest BCUT2D eigenvalue weighted by atomic mass is 10.0. The van der Waals surface area contributed by atoms with Gasteiger partial charge in [0.1, 0.15) is 5.75 Å². The molecule has 1 heterocycles. The Kier molecular flexibility index (Phi) is 6.22. The highest BCUT2D eigenvalue weighted by Gasteiger charge is 2.23. The van der Waals surface area contributed by atoms with Crippen molar-refractivity contribution >= 4 is 11.7 Å². The number of benzene rings is 2. The van der Waals surface area contributed by atoms with Gasteiger partial charge in [-0.05, 0) is 44.4 Å². The van der Waals surface area contributed by atoms with Crippen molar-refractivity contribution in [1.82, 2.24) is 10.6 Å². The molecule has 2 aromatic rings. The van der Waals surface area contributed by atoms with Gasteiger partial charge in [0.05, 0.1) is 13.2 Å². The molecule has 27 heavy (non-hydrogen) atoms. The third-order valence-electron chi connectivity index (χ3n) is 5.16. The van der Waals surface area contributed by atoms with Gasteiger partial charge < -0.3 is 20.3 Å². The van der Waals surface area contributed by atoms with E-state index in [1.807, 2.05) is 32.0 Å². The van der Waals surface area contributed by atoms with E-state index in [9.17, 15) is 4.79 Å². The van der Waals surface area contributed by atoms with E-state index in [-0.39, 0.29) is 12.1 Å². The zero-order chi connectivity index (χ0) is 19.2. The maximum Gasteiger partial charge on any atom is 0.315 e. The second-order valence-corrected chi connectivity index (χ2v) is 7.26. The van der Waals surface area contributed by atoms with Crippen LogP contribution in [-0.4, -0.2) is 32.8 Å². The summed E-state index contributed by atoms with van der Waals surface area (Å²) in [6.45, 7) is 6.71.